The summed E-state index contributed by atoms with van der Waals surface area (Å²) in [5, 5.41) is 0. The minimum absolute atomic E-state index is 0.124. The second-order valence-corrected chi connectivity index (χ2v) is 6.66. The molecule has 2 aliphatic rings. The molecule has 0 bridgehead atoms. The minimum Gasteiger partial charge on any atom is -0.460 e. The van der Waals surface area contributed by atoms with Crippen molar-refractivity contribution in [2.75, 3.05) is 26.4 Å². The van der Waals surface area contributed by atoms with Gasteiger partial charge in [0.05, 0.1) is 13.2 Å². The number of esters is 2. The maximum absolute atomic E-state index is 11.2. The van der Waals surface area contributed by atoms with Crippen LogP contribution in [0.3, 0.4) is 0 Å². The van der Waals surface area contributed by atoms with E-state index < -0.39 is 0 Å². The molecule has 0 N–H and O–H groups in total. The minimum atomic E-state index is -0.325. The van der Waals surface area contributed by atoms with Crippen molar-refractivity contribution in [1.82, 2.24) is 0 Å². The highest BCUT2D eigenvalue weighted by Crippen LogP contribution is 2.10. The summed E-state index contributed by atoms with van der Waals surface area (Å²) in [6.07, 6.45) is 6.57. The molecule has 2 aromatic rings. The molecule has 2 atom stereocenters. The number of epoxide rings is 2. The van der Waals surface area contributed by atoms with Crippen molar-refractivity contribution in [1.29, 1.82) is 0 Å². The van der Waals surface area contributed by atoms with Crippen LogP contribution in [0, 0.1) is 0 Å². The number of hydrogen-bond donors (Lipinski definition) is 0. The van der Waals surface area contributed by atoms with Gasteiger partial charge in [-0.1, -0.05) is 60.7 Å². The van der Waals surface area contributed by atoms with Crippen molar-refractivity contribution >= 4 is 24.1 Å². The maximum Gasteiger partial charge on any atom is 0.330 e. The largest absolute Gasteiger partial charge is 0.460 e. The predicted octanol–water partition coefficient (Wildman–Crippen LogP) is 3.28. The fourth-order valence-electron chi connectivity index (χ4n) is 2.23. The summed E-state index contributed by atoms with van der Waals surface area (Å²) in [4.78, 5) is 22.4. The van der Waals surface area contributed by atoms with Crippen molar-refractivity contribution in [2.24, 2.45) is 0 Å². The summed E-state index contributed by atoms with van der Waals surface area (Å²) >= 11 is 0. The molecule has 30 heavy (non-hydrogen) atoms. The molecule has 2 saturated heterocycles. The fraction of sp³-hybridized carbons (Fsp3) is 0.250. The SMILES string of the molecule is O=C(/C=C/c1ccccc1)OCC1CO1.O=C(/C=C/c1ccccc1)OCC1CO1. The summed E-state index contributed by atoms with van der Waals surface area (Å²) in [5.41, 5.74) is 1.97. The second kappa shape index (κ2) is 11.7. The molecule has 0 radical (unpaired) electrons. The zero-order chi connectivity index (χ0) is 21.0. The van der Waals surface area contributed by atoms with Gasteiger partial charge in [0.1, 0.15) is 25.4 Å². The molecule has 0 aliphatic carbocycles. The van der Waals surface area contributed by atoms with Crippen molar-refractivity contribution in [3.63, 3.8) is 0 Å². The van der Waals surface area contributed by atoms with Gasteiger partial charge in [-0.05, 0) is 23.3 Å². The van der Waals surface area contributed by atoms with Gasteiger partial charge < -0.3 is 18.9 Å². The van der Waals surface area contributed by atoms with Crippen LogP contribution in [-0.2, 0) is 28.5 Å². The maximum atomic E-state index is 11.2. The van der Waals surface area contributed by atoms with E-state index in [1.165, 1.54) is 12.2 Å². The van der Waals surface area contributed by atoms with Crippen LogP contribution in [0.1, 0.15) is 11.1 Å². The Morgan fingerprint density at radius 2 is 1.10 bits per heavy atom. The van der Waals surface area contributed by atoms with Crippen molar-refractivity contribution in [3.05, 3.63) is 83.9 Å². The van der Waals surface area contributed by atoms with E-state index in [9.17, 15) is 9.59 Å². The monoisotopic (exact) mass is 408 g/mol. The molecular weight excluding hydrogens is 384 g/mol. The second-order valence-electron chi connectivity index (χ2n) is 6.66. The average Bonchev–Trinajstić information content (AvgIpc) is 3.70. The summed E-state index contributed by atoms with van der Waals surface area (Å²) in [6, 6.07) is 19.2. The molecule has 0 amide bonds. The van der Waals surface area contributed by atoms with Crippen LogP contribution in [0.15, 0.2) is 72.8 Å². The van der Waals surface area contributed by atoms with Gasteiger partial charge in [-0.2, -0.15) is 0 Å². The van der Waals surface area contributed by atoms with E-state index in [1.54, 1.807) is 12.2 Å². The van der Waals surface area contributed by atoms with Crippen molar-refractivity contribution < 1.29 is 28.5 Å². The van der Waals surface area contributed by atoms with Crippen LogP contribution in [0.4, 0.5) is 0 Å². The van der Waals surface area contributed by atoms with Gasteiger partial charge in [0.25, 0.3) is 0 Å². The number of hydrogen-bond acceptors (Lipinski definition) is 6. The predicted molar refractivity (Wildman–Crippen MR) is 112 cm³/mol. The quantitative estimate of drug-likeness (QED) is 0.379. The van der Waals surface area contributed by atoms with E-state index >= 15 is 0 Å². The lowest BCUT2D eigenvalue weighted by Crippen LogP contribution is -2.06. The molecule has 2 aliphatic heterocycles. The standard InChI is InChI=1S/2C12H12O3/c2*13-12(15-9-11-8-14-11)7-6-10-4-2-1-3-5-10/h2*1-7,11H,8-9H2/b2*7-6+. The van der Waals surface area contributed by atoms with E-state index in [2.05, 4.69) is 0 Å². The molecular formula is C24H24O6. The normalized spacial score (nSPS) is 19.1. The Kier molecular flexibility index (Phi) is 8.38. The Bertz CT molecular complexity index is 778. The van der Waals surface area contributed by atoms with E-state index in [1.807, 2.05) is 60.7 Å². The lowest BCUT2D eigenvalue weighted by atomic mass is 10.2. The summed E-state index contributed by atoms with van der Waals surface area (Å²) < 4.78 is 19.7. The third kappa shape index (κ3) is 9.32. The first-order valence-electron chi connectivity index (χ1n) is 9.72. The fourth-order valence-corrected chi connectivity index (χ4v) is 2.23. The Morgan fingerprint density at radius 1 is 0.733 bits per heavy atom. The van der Waals surface area contributed by atoms with Gasteiger partial charge in [0.15, 0.2) is 0 Å². The first-order chi connectivity index (χ1) is 14.7. The highest BCUT2D eigenvalue weighted by atomic mass is 16.6. The number of benzene rings is 2. The number of ether oxygens (including phenoxy) is 4. The van der Waals surface area contributed by atoms with E-state index in [0.29, 0.717) is 26.4 Å². The molecule has 0 saturated carbocycles. The van der Waals surface area contributed by atoms with Gasteiger partial charge in [0.2, 0.25) is 0 Å². The topological polar surface area (TPSA) is 77.7 Å². The summed E-state index contributed by atoms with van der Waals surface area (Å²) in [6.45, 7) is 2.13. The zero-order valence-corrected chi connectivity index (χ0v) is 16.5. The average molecular weight is 408 g/mol. The van der Waals surface area contributed by atoms with Crippen LogP contribution in [0.5, 0.6) is 0 Å². The molecule has 0 spiro atoms. The lowest BCUT2D eigenvalue weighted by Gasteiger charge is -1.97. The molecule has 6 nitrogen and oxygen atoms in total. The molecule has 156 valence electrons. The molecule has 6 heteroatoms. The van der Waals surface area contributed by atoms with Gasteiger partial charge >= 0.3 is 11.9 Å². The Morgan fingerprint density at radius 3 is 1.43 bits per heavy atom. The summed E-state index contributed by atoms with van der Waals surface area (Å²) in [5.74, 6) is -0.649. The first-order valence-corrected chi connectivity index (χ1v) is 9.72. The lowest BCUT2D eigenvalue weighted by molar-refractivity contribution is -0.139. The highest BCUT2D eigenvalue weighted by molar-refractivity contribution is 5.87. The Hall–Kier alpha value is -3.22. The van der Waals surface area contributed by atoms with Crippen LogP contribution < -0.4 is 0 Å². The van der Waals surface area contributed by atoms with Gasteiger partial charge in [-0.15, -0.1) is 0 Å². The molecule has 2 heterocycles. The van der Waals surface area contributed by atoms with Gasteiger partial charge in [-0.3, -0.25) is 0 Å². The smallest absolute Gasteiger partial charge is 0.330 e. The Balaban J connectivity index is 0.000000171. The number of carbonyl (C=O) groups is 2. The Labute approximate surface area is 175 Å². The van der Waals surface area contributed by atoms with E-state index in [-0.39, 0.29) is 24.1 Å². The zero-order valence-electron chi connectivity index (χ0n) is 16.5. The van der Waals surface area contributed by atoms with Gasteiger partial charge in [0, 0.05) is 12.2 Å². The van der Waals surface area contributed by atoms with Crippen molar-refractivity contribution in [3.8, 4) is 0 Å². The van der Waals surface area contributed by atoms with Crippen LogP contribution in [0.25, 0.3) is 12.2 Å². The molecule has 4 rings (SSSR count). The molecule has 2 fully saturated rings. The van der Waals surface area contributed by atoms with Crippen molar-refractivity contribution in [2.45, 2.75) is 12.2 Å². The third-order valence-electron chi connectivity index (χ3n) is 4.05. The van der Waals surface area contributed by atoms with Crippen LogP contribution in [-0.4, -0.2) is 50.6 Å². The molecule has 2 unspecified atom stereocenters. The molecule has 2 aromatic carbocycles. The van der Waals surface area contributed by atoms with Crippen LogP contribution >= 0.6 is 0 Å². The van der Waals surface area contributed by atoms with E-state index in [0.717, 1.165) is 11.1 Å². The van der Waals surface area contributed by atoms with E-state index in [4.69, 9.17) is 18.9 Å². The first kappa shape index (κ1) is 21.5. The number of rotatable bonds is 8. The summed E-state index contributed by atoms with van der Waals surface area (Å²) in [7, 11) is 0. The molecule has 0 aromatic heterocycles. The third-order valence-corrected chi connectivity index (χ3v) is 4.05. The number of carbonyl (C=O) groups excluding carboxylic acids is 2. The highest BCUT2D eigenvalue weighted by Gasteiger charge is 2.24. The van der Waals surface area contributed by atoms with Gasteiger partial charge in [-0.25, -0.2) is 9.59 Å². The van der Waals surface area contributed by atoms with Crippen LogP contribution in [0.2, 0.25) is 0 Å².